The molecule has 1 saturated carbocycles. The summed E-state index contributed by atoms with van der Waals surface area (Å²) in [5.41, 5.74) is 1.95. The summed E-state index contributed by atoms with van der Waals surface area (Å²) in [6.45, 7) is 2.63. The molecule has 130 valence electrons. The lowest BCUT2D eigenvalue weighted by Crippen LogP contribution is -2.44. The number of rotatable bonds is 7. The molecule has 0 atom stereocenters. The van der Waals surface area contributed by atoms with Gasteiger partial charge < -0.3 is 10.6 Å². The van der Waals surface area contributed by atoms with Gasteiger partial charge in [-0.1, -0.05) is 60.7 Å². The highest BCUT2D eigenvalue weighted by atomic mass is 16.2. The smallest absolute Gasteiger partial charge is 0.239 e. The van der Waals surface area contributed by atoms with Crippen LogP contribution in [0.2, 0.25) is 0 Å². The van der Waals surface area contributed by atoms with Crippen LogP contribution >= 0.6 is 0 Å². The first kappa shape index (κ1) is 17.2. The van der Waals surface area contributed by atoms with Gasteiger partial charge in [-0.15, -0.1) is 0 Å². The molecule has 0 aliphatic heterocycles. The van der Waals surface area contributed by atoms with E-state index in [0.717, 1.165) is 24.0 Å². The van der Waals surface area contributed by atoms with Crippen molar-refractivity contribution in [1.29, 1.82) is 0 Å². The number of hydrogen-bond acceptors (Lipinski definition) is 2. The van der Waals surface area contributed by atoms with Crippen molar-refractivity contribution in [3.05, 3.63) is 71.8 Å². The Morgan fingerprint density at radius 2 is 1.44 bits per heavy atom. The van der Waals surface area contributed by atoms with Gasteiger partial charge in [0.2, 0.25) is 11.8 Å². The summed E-state index contributed by atoms with van der Waals surface area (Å²) >= 11 is 0. The molecule has 3 rings (SSSR count). The highest BCUT2D eigenvalue weighted by Crippen LogP contribution is 2.31. The fourth-order valence-electron chi connectivity index (χ4n) is 2.98. The fourth-order valence-corrected chi connectivity index (χ4v) is 2.98. The van der Waals surface area contributed by atoms with Crippen LogP contribution in [0.15, 0.2) is 60.7 Å². The predicted octanol–water partition coefficient (Wildman–Crippen LogP) is 2.64. The summed E-state index contributed by atoms with van der Waals surface area (Å²) in [5, 5.41) is 5.69. The number of carbonyl (C=O) groups excluding carboxylic acids is 2. The van der Waals surface area contributed by atoms with Crippen LogP contribution in [0.4, 0.5) is 0 Å². The van der Waals surface area contributed by atoms with E-state index in [-0.39, 0.29) is 29.7 Å². The van der Waals surface area contributed by atoms with Crippen LogP contribution in [0, 0.1) is 5.92 Å². The van der Waals surface area contributed by atoms with Crippen LogP contribution in [0.3, 0.4) is 0 Å². The van der Waals surface area contributed by atoms with Crippen molar-refractivity contribution in [2.24, 2.45) is 5.92 Å². The van der Waals surface area contributed by atoms with Gasteiger partial charge in [0, 0.05) is 17.9 Å². The Labute approximate surface area is 148 Å². The molecule has 0 unspecified atom stereocenters. The fraction of sp³-hybridized carbons (Fsp3) is 0.333. The van der Waals surface area contributed by atoms with E-state index in [1.165, 1.54) is 0 Å². The zero-order valence-corrected chi connectivity index (χ0v) is 14.5. The monoisotopic (exact) mass is 336 g/mol. The van der Waals surface area contributed by atoms with E-state index < -0.39 is 0 Å². The Bertz CT molecular complexity index is 685. The van der Waals surface area contributed by atoms with E-state index in [0.29, 0.717) is 6.54 Å². The van der Waals surface area contributed by atoms with Crippen LogP contribution < -0.4 is 10.6 Å². The second-order valence-corrected chi connectivity index (χ2v) is 6.83. The van der Waals surface area contributed by atoms with Crippen LogP contribution in [0.1, 0.15) is 30.9 Å². The molecule has 0 saturated heterocycles. The molecule has 0 aromatic heterocycles. The maximum atomic E-state index is 12.2. The predicted molar refractivity (Wildman–Crippen MR) is 98.1 cm³/mol. The molecular weight excluding hydrogens is 312 g/mol. The molecule has 2 N–H and O–H groups in total. The molecule has 25 heavy (non-hydrogen) atoms. The third-order valence-corrected chi connectivity index (χ3v) is 4.83. The van der Waals surface area contributed by atoms with Crippen LogP contribution in [0.5, 0.6) is 0 Å². The lowest BCUT2D eigenvalue weighted by atomic mass is 9.76. The lowest BCUT2D eigenvalue weighted by Gasteiger charge is -2.31. The van der Waals surface area contributed by atoms with Gasteiger partial charge in [-0.25, -0.2) is 0 Å². The molecular formula is C21H24N2O2. The first-order chi connectivity index (χ1) is 12.1. The zero-order valence-electron chi connectivity index (χ0n) is 14.5. The summed E-state index contributed by atoms with van der Waals surface area (Å²) < 4.78 is 0. The first-order valence-electron chi connectivity index (χ1n) is 8.75. The topological polar surface area (TPSA) is 58.2 Å². The number of carbonyl (C=O) groups is 2. The molecule has 1 aliphatic rings. The van der Waals surface area contributed by atoms with Crippen molar-refractivity contribution >= 4 is 11.8 Å². The Kier molecular flexibility index (Phi) is 5.17. The van der Waals surface area contributed by atoms with Gasteiger partial charge in [-0.2, -0.15) is 0 Å². The number of amides is 2. The average molecular weight is 336 g/mol. The van der Waals surface area contributed by atoms with Gasteiger partial charge in [-0.3, -0.25) is 9.59 Å². The Morgan fingerprint density at radius 3 is 1.92 bits per heavy atom. The van der Waals surface area contributed by atoms with Crippen LogP contribution in [-0.2, 0) is 15.0 Å². The molecule has 1 fully saturated rings. The molecule has 0 radical (unpaired) electrons. The third kappa shape index (κ3) is 4.27. The van der Waals surface area contributed by atoms with Gasteiger partial charge in [-0.05, 0) is 30.9 Å². The first-order valence-corrected chi connectivity index (χ1v) is 8.75. The van der Waals surface area contributed by atoms with Gasteiger partial charge in [0.05, 0.1) is 6.54 Å². The molecule has 1 aliphatic carbocycles. The molecule has 2 aromatic carbocycles. The lowest BCUT2D eigenvalue weighted by molar-refractivity contribution is -0.126. The summed E-state index contributed by atoms with van der Waals surface area (Å²) in [7, 11) is 0. The van der Waals surface area contributed by atoms with E-state index in [1.807, 2.05) is 36.4 Å². The largest absolute Gasteiger partial charge is 0.353 e. The third-order valence-electron chi connectivity index (χ3n) is 4.83. The minimum absolute atomic E-state index is 0.0102. The average Bonchev–Trinajstić information content (AvgIpc) is 3.51. The van der Waals surface area contributed by atoms with Crippen molar-refractivity contribution in [2.75, 3.05) is 13.1 Å². The number of benzene rings is 2. The molecule has 0 heterocycles. The summed E-state index contributed by atoms with van der Waals surface area (Å²) in [6.07, 6.45) is 1.88. The summed E-state index contributed by atoms with van der Waals surface area (Å²) in [5.74, 6) is -0.0529. The van der Waals surface area contributed by atoms with Gasteiger partial charge in [0.1, 0.15) is 0 Å². The van der Waals surface area contributed by atoms with E-state index in [4.69, 9.17) is 0 Å². The molecule has 4 heteroatoms. The number of hydrogen-bond donors (Lipinski definition) is 2. The quantitative estimate of drug-likeness (QED) is 0.817. The second-order valence-electron chi connectivity index (χ2n) is 6.83. The minimum atomic E-state index is -0.335. The van der Waals surface area contributed by atoms with E-state index in [1.54, 1.807) is 0 Å². The minimum Gasteiger partial charge on any atom is -0.353 e. The van der Waals surface area contributed by atoms with Crippen LogP contribution in [-0.4, -0.2) is 24.9 Å². The normalized spacial score (nSPS) is 14.0. The second kappa shape index (κ2) is 7.51. The van der Waals surface area contributed by atoms with Crippen molar-refractivity contribution in [2.45, 2.75) is 25.2 Å². The van der Waals surface area contributed by atoms with Crippen molar-refractivity contribution in [3.63, 3.8) is 0 Å². The molecule has 2 aromatic rings. The highest BCUT2D eigenvalue weighted by Gasteiger charge is 2.31. The maximum Gasteiger partial charge on any atom is 0.239 e. The maximum absolute atomic E-state index is 12.2. The number of nitrogens with one attached hydrogen (secondary N) is 2. The van der Waals surface area contributed by atoms with E-state index in [2.05, 4.69) is 41.8 Å². The van der Waals surface area contributed by atoms with Crippen molar-refractivity contribution in [3.8, 4) is 0 Å². The van der Waals surface area contributed by atoms with E-state index in [9.17, 15) is 9.59 Å². The van der Waals surface area contributed by atoms with E-state index >= 15 is 0 Å². The van der Waals surface area contributed by atoms with Gasteiger partial charge >= 0.3 is 0 Å². The Balaban J connectivity index is 1.68. The summed E-state index contributed by atoms with van der Waals surface area (Å²) in [6, 6.07) is 20.3. The van der Waals surface area contributed by atoms with Gasteiger partial charge in [0.15, 0.2) is 0 Å². The SMILES string of the molecule is CC(CNC(=O)CNC(=O)C1CC1)(c1ccccc1)c1ccccc1. The van der Waals surface area contributed by atoms with Crippen molar-refractivity contribution in [1.82, 2.24) is 10.6 Å². The zero-order chi connectivity index (χ0) is 17.7. The molecule has 0 bridgehead atoms. The van der Waals surface area contributed by atoms with Gasteiger partial charge in [0.25, 0.3) is 0 Å². The highest BCUT2D eigenvalue weighted by molar-refractivity contribution is 5.86. The Morgan fingerprint density at radius 1 is 0.920 bits per heavy atom. The van der Waals surface area contributed by atoms with Crippen molar-refractivity contribution < 1.29 is 9.59 Å². The standard InChI is InChI=1S/C21H24N2O2/c1-21(17-8-4-2-5-9-17,18-10-6-3-7-11-18)15-23-19(24)14-22-20(25)16-12-13-16/h2-11,16H,12-15H2,1H3,(H,22,25)(H,23,24). The molecule has 0 spiro atoms. The molecule has 4 nitrogen and oxygen atoms in total. The summed E-state index contributed by atoms with van der Waals surface area (Å²) in [4.78, 5) is 23.8. The van der Waals surface area contributed by atoms with Crippen LogP contribution in [0.25, 0.3) is 0 Å². The Hall–Kier alpha value is -2.62. The molecule has 2 amide bonds.